The molecule has 0 aliphatic heterocycles. The van der Waals surface area contributed by atoms with E-state index < -0.39 is 0 Å². The van der Waals surface area contributed by atoms with Crippen molar-refractivity contribution in [2.45, 2.75) is 52.1 Å². The minimum absolute atomic E-state index is 0.0759. The number of rotatable bonds is 7. The Morgan fingerprint density at radius 2 is 1.68 bits per heavy atom. The van der Waals surface area contributed by atoms with Gasteiger partial charge in [-0.1, -0.05) is 32.9 Å². The number of likely N-dealkylation sites (N-methyl/N-ethyl adjacent to an activating group) is 1. The van der Waals surface area contributed by atoms with Crippen LogP contribution in [0, 0.1) is 3.57 Å². The van der Waals surface area contributed by atoms with Gasteiger partial charge in [-0.3, -0.25) is 4.90 Å². The van der Waals surface area contributed by atoms with Crippen LogP contribution in [0.3, 0.4) is 0 Å². The van der Waals surface area contributed by atoms with Crippen molar-refractivity contribution in [2.75, 3.05) is 13.1 Å². The molecule has 19 heavy (non-hydrogen) atoms. The van der Waals surface area contributed by atoms with Gasteiger partial charge in [0.1, 0.15) is 0 Å². The molecule has 1 rings (SSSR count). The largest absolute Gasteiger partial charge is 0.326 e. The van der Waals surface area contributed by atoms with Crippen LogP contribution in [0.15, 0.2) is 24.3 Å². The van der Waals surface area contributed by atoms with E-state index in [0.29, 0.717) is 0 Å². The molecule has 108 valence electrons. The Labute approximate surface area is 131 Å². The average molecular weight is 374 g/mol. The summed E-state index contributed by atoms with van der Waals surface area (Å²) in [5, 5.41) is 0. The maximum Gasteiger partial charge on any atom is 0.0332 e. The molecule has 1 aromatic rings. The van der Waals surface area contributed by atoms with Crippen molar-refractivity contribution >= 4 is 22.6 Å². The Balaban J connectivity index is 2.83. The van der Waals surface area contributed by atoms with Crippen LogP contribution in [0.4, 0.5) is 0 Å². The van der Waals surface area contributed by atoms with E-state index in [2.05, 4.69) is 79.5 Å². The maximum atomic E-state index is 6.54. The zero-order chi connectivity index (χ0) is 14.5. The van der Waals surface area contributed by atoms with Gasteiger partial charge in [-0.25, -0.2) is 0 Å². The molecule has 1 aromatic carbocycles. The molecule has 2 nitrogen and oxygen atoms in total. The molecule has 2 unspecified atom stereocenters. The van der Waals surface area contributed by atoms with Crippen LogP contribution in [-0.4, -0.2) is 29.6 Å². The Kier molecular flexibility index (Phi) is 6.77. The lowest BCUT2D eigenvalue weighted by molar-refractivity contribution is 0.0845. The summed E-state index contributed by atoms with van der Waals surface area (Å²) in [5.74, 6) is 0. The van der Waals surface area contributed by atoms with E-state index in [4.69, 9.17) is 5.73 Å². The summed E-state index contributed by atoms with van der Waals surface area (Å²) in [6, 6.07) is 8.87. The Hall–Kier alpha value is -0.130. The van der Waals surface area contributed by atoms with E-state index >= 15 is 0 Å². The Morgan fingerprint density at radius 1 is 1.16 bits per heavy atom. The molecule has 0 aliphatic rings. The zero-order valence-electron chi connectivity index (χ0n) is 12.6. The molecule has 0 aliphatic carbocycles. The Bertz CT molecular complexity index is 373. The first kappa shape index (κ1) is 16.9. The van der Waals surface area contributed by atoms with Crippen molar-refractivity contribution in [1.29, 1.82) is 0 Å². The quantitative estimate of drug-likeness (QED) is 0.738. The first-order valence-corrected chi connectivity index (χ1v) is 8.30. The summed E-state index contributed by atoms with van der Waals surface area (Å²) in [7, 11) is 0. The Morgan fingerprint density at radius 3 is 2.11 bits per heavy atom. The number of hydrogen-bond acceptors (Lipinski definition) is 2. The molecular formula is C16H27IN2. The van der Waals surface area contributed by atoms with Crippen molar-refractivity contribution in [1.82, 2.24) is 4.90 Å². The van der Waals surface area contributed by atoms with Crippen molar-refractivity contribution in [2.24, 2.45) is 5.73 Å². The summed E-state index contributed by atoms with van der Waals surface area (Å²) in [6.07, 6.45) is 2.03. The first-order valence-electron chi connectivity index (χ1n) is 7.23. The van der Waals surface area contributed by atoms with Crippen LogP contribution in [0.1, 0.15) is 39.7 Å². The SMILES string of the molecule is CCN(CC)C(C)(CC)C(N)Cc1ccc(I)cc1. The van der Waals surface area contributed by atoms with Gasteiger partial charge in [0.25, 0.3) is 0 Å². The molecule has 0 amide bonds. The monoisotopic (exact) mass is 374 g/mol. The second kappa shape index (κ2) is 7.60. The van der Waals surface area contributed by atoms with E-state index in [1.807, 2.05) is 0 Å². The lowest BCUT2D eigenvalue weighted by atomic mass is 9.84. The smallest absolute Gasteiger partial charge is 0.0332 e. The maximum absolute atomic E-state index is 6.54. The van der Waals surface area contributed by atoms with E-state index in [9.17, 15) is 0 Å². The van der Waals surface area contributed by atoms with E-state index in [-0.39, 0.29) is 11.6 Å². The van der Waals surface area contributed by atoms with Gasteiger partial charge < -0.3 is 5.73 Å². The minimum atomic E-state index is 0.0759. The standard InChI is InChI=1S/C16H27IN2/c1-5-16(4,19(6-2)7-3)15(18)12-13-8-10-14(17)11-9-13/h8-11,15H,5-7,12,18H2,1-4H3. The van der Waals surface area contributed by atoms with Gasteiger partial charge in [0.2, 0.25) is 0 Å². The summed E-state index contributed by atoms with van der Waals surface area (Å²) in [4.78, 5) is 2.49. The van der Waals surface area contributed by atoms with Gasteiger partial charge in [0.15, 0.2) is 0 Å². The molecule has 2 N–H and O–H groups in total. The number of benzene rings is 1. The molecular weight excluding hydrogens is 347 g/mol. The number of halogens is 1. The van der Waals surface area contributed by atoms with Gasteiger partial charge in [-0.15, -0.1) is 0 Å². The molecule has 2 atom stereocenters. The van der Waals surface area contributed by atoms with Gasteiger partial charge in [0.05, 0.1) is 0 Å². The average Bonchev–Trinajstić information content (AvgIpc) is 2.42. The summed E-state index contributed by atoms with van der Waals surface area (Å²) < 4.78 is 1.27. The van der Waals surface area contributed by atoms with E-state index in [1.54, 1.807) is 0 Å². The minimum Gasteiger partial charge on any atom is -0.326 e. The molecule has 0 saturated heterocycles. The van der Waals surface area contributed by atoms with Crippen molar-refractivity contribution in [3.63, 3.8) is 0 Å². The third-order valence-corrected chi connectivity index (χ3v) is 5.09. The third kappa shape index (κ3) is 4.17. The fourth-order valence-corrected chi connectivity index (χ4v) is 3.12. The van der Waals surface area contributed by atoms with Gasteiger partial charge in [-0.05, 0) is 73.1 Å². The number of nitrogens with zero attached hydrogens (tertiary/aromatic N) is 1. The van der Waals surface area contributed by atoms with Crippen LogP contribution in [-0.2, 0) is 6.42 Å². The van der Waals surface area contributed by atoms with Crippen molar-refractivity contribution < 1.29 is 0 Å². The molecule has 0 fully saturated rings. The molecule has 0 heterocycles. The molecule has 3 heteroatoms. The van der Waals surface area contributed by atoms with Crippen LogP contribution in [0.5, 0.6) is 0 Å². The molecule has 0 aromatic heterocycles. The predicted octanol–water partition coefficient (Wildman–Crippen LogP) is 3.67. The summed E-state index contributed by atoms with van der Waals surface area (Å²) in [6.45, 7) is 11.1. The van der Waals surface area contributed by atoms with Gasteiger partial charge >= 0.3 is 0 Å². The number of nitrogens with two attached hydrogens (primary N) is 1. The zero-order valence-corrected chi connectivity index (χ0v) is 14.8. The van der Waals surface area contributed by atoms with E-state index in [0.717, 1.165) is 25.9 Å². The van der Waals surface area contributed by atoms with Crippen LogP contribution in [0.2, 0.25) is 0 Å². The van der Waals surface area contributed by atoms with Crippen LogP contribution in [0.25, 0.3) is 0 Å². The van der Waals surface area contributed by atoms with Crippen molar-refractivity contribution in [3.05, 3.63) is 33.4 Å². The first-order chi connectivity index (χ1) is 8.97. The molecule has 0 bridgehead atoms. The third-order valence-electron chi connectivity index (χ3n) is 4.37. The van der Waals surface area contributed by atoms with Crippen LogP contribution >= 0.6 is 22.6 Å². The second-order valence-corrected chi connectivity index (χ2v) is 6.57. The molecule has 0 radical (unpaired) electrons. The highest BCUT2D eigenvalue weighted by atomic mass is 127. The summed E-state index contributed by atoms with van der Waals surface area (Å²) in [5.41, 5.74) is 7.95. The van der Waals surface area contributed by atoms with E-state index in [1.165, 1.54) is 9.13 Å². The highest BCUT2D eigenvalue weighted by molar-refractivity contribution is 14.1. The normalized spacial score (nSPS) is 16.4. The molecule has 0 spiro atoms. The van der Waals surface area contributed by atoms with Gasteiger partial charge in [0, 0.05) is 15.2 Å². The highest BCUT2D eigenvalue weighted by Gasteiger charge is 2.34. The fraction of sp³-hybridized carbons (Fsp3) is 0.625. The van der Waals surface area contributed by atoms with Crippen molar-refractivity contribution in [3.8, 4) is 0 Å². The van der Waals surface area contributed by atoms with Gasteiger partial charge in [-0.2, -0.15) is 0 Å². The second-order valence-electron chi connectivity index (χ2n) is 5.32. The lowest BCUT2D eigenvalue weighted by Crippen LogP contribution is -2.58. The summed E-state index contributed by atoms with van der Waals surface area (Å²) >= 11 is 2.34. The number of hydrogen-bond donors (Lipinski definition) is 1. The van der Waals surface area contributed by atoms with Crippen LogP contribution < -0.4 is 5.73 Å². The highest BCUT2D eigenvalue weighted by Crippen LogP contribution is 2.25. The lowest BCUT2D eigenvalue weighted by Gasteiger charge is -2.44. The fourth-order valence-electron chi connectivity index (χ4n) is 2.76. The predicted molar refractivity (Wildman–Crippen MR) is 92.5 cm³/mol. The topological polar surface area (TPSA) is 29.3 Å². The molecule has 0 saturated carbocycles.